The Balaban J connectivity index is -0.000000194. The molecule has 18 nitrogen and oxygen atoms in total. The second-order valence-electron chi connectivity index (χ2n) is 6.44. The summed E-state index contributed by atoms with van der Waals surface area (Å²) in [5, 5.41) is 91.9. The van der Waals surface area contributed by atoms with E-state index in [0.29, 0.717) is 0 Å². The number of aliphatic carboxylic acids is 5. The zero-order valence-electron chi connectivity index (χ0n) is 18.6. The summed E-state index contributed by atoms with van der Waals surface area (Å²) in [6, 6.07) is -1.06. The van der Waals surface area contributed by atoms with Gasteiger partial charge in [0.15, 0.2) is 6.10 Å². The van der Waals surface area contributed by atoms with Crippen molar-refractivity contribution < 1.29 is 80.1 Å². The molecule has 0 saturated carbocycles. The number of carboxylic acids is 5. The van der Waals surface area contributed by atoms with Crippen LogP contribution in [-0.2, 0) is 24.0 Å². The molecule has 0 rings (SSSR count). The van der Waals surface area contributed by atoms with Gasteiger partial charge in [-0.2, -0.15) is 0 Å². The van der Waals surface area contributed by atoms with Gasteiger partial charge >= 0.3 is 29.8 Å². The monoisotopic (exact) mass is 522 g/mol. The van der Waals surface area contributed by atoms with Crippen LogP contribution in [0.4, 0.5) is 0 Å². The van der Waals surface area contributed by atoms with Crippen molar-refractivity contribution in [2.45, 2.75) is 62.7 Å². The van der Waals surface area contributed by atoms with Crippen LogP contribution < -0.4 is 11.5 Å². The van der Waals surface area contributed by atoms with E-state index < -0.39 is 73.0 Å². The van der Waals surface area contributed by atoms with Gasteiger partial charge < -0.3 is 67.6 Å². The lowest BCUT2D eigenvalue weighted by Gasteiger charge is -2.23. The molecular weight excluding hydrogens is 488 g/mol. The third kappa shape index (κ3) is 29.0. The van der Waals surface area contributed by atoms with Crippen LogP contribution in [0.3, 0.4) is 0 Å². The molecule has 0 radical (unpaired) electrons. The largest absolute Gasteiger partial charge is 0.481 e. The smallest absolute Gasteiger partial charge is 0.335 e. The third-order valence-corrected chi connectivity index (χ3v) is 3.14. The van der Waals surface area contributed by atoms with Crippen molar-refractivity contribution in [2.75, 3.05) is 13.2 Å². The molecule has 0 aliphatic rings. The number of carbonyl (C=O) groups is 5. The molecule has 0 bridgehead atoms. The average Bonchev–Trinajstić information content (AvgIpc) is 2.75. The average molecular weight is 522 g/mol. The van der Waals surface area contributed by atoms with Gasteiger partial charge in [-0.3, -0.25) is 19.2 Å². The highest BCUT2D eigenvalue weighted by molar-refractivity contribution is 5.74. The van der Waals surface area contributed by atoms with Gasteiger partial charge in [0.25, 0.3) is 0 Å². The topological polar surface area (TPSA) is 360 Å². The predicted molar refractivity (Wildman–Crippen MR) is 112 cm³/mol. The number of hydrogen-bond donors (Lipinski definition) is 13. The fraction of sp³-hybridized carbons (Fsp3) is 0.706. The van der Waals surface area contributed by atoms with Crippen LogP contribution in [0.2, 0.25) is 0 Å². The molecule has 2 unspecified atom stereocenters. The van der Waals surface area contributed by atoms with Crippen LogP contribution >= 0.6 is 0 Å². The van der Waals surface area contributed by atoms with Gasteiger partial charge in [-0.25, -0.2) is 4.79 Å². The molecule has 0 aromatic rings. The minimum Gasteiger partial charge on any atom is -0.481 e. The van der Waals surface area contributed by atoms with Crippen molar-refractivity contribution in [3.63, 3.8) is 0 Å². The Labute approximate surface area is 198 Å². The molecule has 0 aromatic carbocycles. The Morgan fingerprint density at radius 3 is 1.37 bits per heavy atom. The molecule has 6 atom stereocenters. The van der Waals surface area contributed by atoms with Crippen molar-refractivity contribution >= 4 is 29.8 Å². The van der Waals surface area contributed by atoms with Gasteiger partial charge in [-0.1, -0.05) is 0 Å². The molecule has 0 aromatic heterocycles. The molecule has 0 heterocycles. The summed E-state index contributed by atoms with van der Waals surface area (Å²) < 4.78 is 0. The molecule has 0 spiro atoms. The zero-order valence-corrected chi connectivity index (χ0v) is 18.6. The number of nitrogens with two attached hydrogens (primary N) is 2. The minimum atomic E-state index is -2.20. The summed E-state index contributed by atoms with van der Waals surface area (Å²) in [7, 11) is 0. The van der Waals surface area contributed by atoms with Crippen LogP contribution in [0.5, 0.6) is 0 Å². The first kappa shape index (κ1) is 39.3. The van der Waals surface area contributed by atoms with Crippen LogP contribution in [0.1, 0.15) is 26.2 Å². The molecule has 0 aliphatic carbocycles. The summed E-state index contributed by atoms with van der Waals surface area (Å²) in [4.78, 5) is 48.9. The molecule has 208 valence electrons. The normalized spacial score (nSPS) is 14.9. The van der Waals surface area contributed by atoms with Crippen molar-refractivity contribution in [2.24, 2.45) is 11.5 Å². The maximum atomic E-state index is 10.1. The SMILES string of the molecule is CC(O)CC(=O)O.NC(CCC(=O)O)C(=O)O.NCC(=O)O.O=C(O)[C@H](O)[C@@H](O)[C@H](O)[C@H](O)CO. The first-order chi connectivity index (χ1) is 15.8. The van der Waals surface area contributed by atoms with E-state index >= 15 is 0 Å². The summed E-state index contributed by atoms with van der Waals surface area (Å²) in [5.74, 6) is -5.85. The number of rotatable bonds is 12. The van der Waals surface area contributed by atoms with Crippen LogP contribution in [-0.4, -0.2) is 136 Å². The lowest BCUT2D eigenvalue weighted by Crippen LogP contribution is -2.48. The lowest BCUT2D eigenvalue weighted by molar-refractivity contribution is -0.164. The van der Waals surface area contributed by atoms with Crippen LogP contribution in [0.15, 0.2) is 0 Å². The Hall–Kier alpha value is -2.97. The number of carboxylic acid groups (broad SMARTS) is 5. The number of hydrogen-bond acceptors (Lipinski definition) is 13. The van der Waals surface area contributed by atoms with Crippen molar-refractivity contribution in [3.05, 3.63) is 0 Å². The number of aliphatic hydroxyl groups is 6. The van der Waals surface area contributed by atoms with Gasteiger partial charge in [-0.15, -0.1) is 0 Å². The van der Waals surface area contributed by atoms with Gasteiger partial charge in [0.1, 0.15) is 24.4 Å². The van der Waals surface area contributed by atoms with Crippen molar-refractivity contribution in [1.29, 1.82) is 0 Å². The highest BCUT2D eigenvalue weighted by Crippen LogP contribution is 2.04. The summed E-state index contributed by atoms with van der Waals surface area (Å²) in [6.07, 6.45) is -8.95. The Bertz CT molecular complexity index is 629. The van der Waals surface area contributed by atoms with Crippen LogP contribution in [0, 0.1) is 0 Å². The summed E-state index contributed by atoms with van der Waals surface area (Å²) in [6.45, 7) is 0.318. The predicted octanol–water partition coefficient (Wildman–Crippen LogP) is -5.36. The van der Waals surface area contributed by atoms with E-state index in [4.69, 9.17) is 61.9 Å². The molecule has 15 N–H and O–H groups in total. The molecular formula is C17H34N2O16. The third-order valence-electron chi connectivity index (χ3n) is 3.14. The van der Waals surface area contributed by atoms with E-state index in [0.717, 1.165) is 0 Å². The standard InChI is InChI=1S/C6H12O7.C5H9NO4.C4H8O3.C2H5NO2/c7-1-2(8)3(9)4(10)5(11)6(12)13;6-3(5(9)10)1-2-4(7)8;1-3(5)2-4(6)7;3-1-2(4)5/h2-5,7-11H,1H2,(H,12,13);3H,1-2,6H2,(H,7,8)(H,9,10);3,5H,2H2,1H3,(H,6,7);1,3H2,(H,4,5)/t2-,3-,4+,5-;;;/m1.../s1. The van der Waals surface area contributed by atoms with Gasteiger partial charge in [0.05, 0.1) is 25.7 Å². The molecule has 0 saturated heterocycles. The zero-order chi connectivity index (χ0) is 28.9. The van der Waals surface area contributed by atoms with Gasteiger partial charge in [0, 0.05) is 6.42 Å². The fourth-order valence-corrected chi connectivity index (χ4v) is 1.32. The molecule has 0 aliphatic heterocycles. The maximum Gasteiger partial charge on any atom is 0.335 e. The quantitative estimate of drug-likeness (QED) is 0.114. The van der Waals surface area contributed by atoms with Gasteiger partial charge in [0.2, 0.25) is 0 Å². The van der Waals surface area contributed by atoms with E-state index in [-0.39, 0.29) is 25.8 Å². The lowest BCUT2D eigenvalue weighted by atomic mass is 10.0. The van der Waals surface area contributed by atoms with Crippen molar-refractivity contribution in [3.8, 4) is 0 Å². The molecule has 0 amide bonds. The highest BCUT2D eigenvalue weighted by Gasteiger charge is 2.33. The Kier molecular flexibility index (Phi) is 25.6. The molecule has 35 heavy (non-hydrogen) atoms. The molecule has 0 fully saturated rings. The summed E-state index contributed by atoms with van der Waals surface area (Å²) in [5.41, 5.74) is 9.57. The minimum absolute atomic E-state index is 0.0231. The van der Waals surface area contributed by atoms with Crippen LogP contribution in [0.25, 0.3) is 0 Å². The Morgan fingerprint density at radius 2 is 1.17 bits per heavy atom. The maximum absolute atomic E-state index is 10.1. The Morgan fingerprint density at radius 1 is 0.743 bits per heavy atom. The van der Waals surface area contributed by atoms with Gasteiger partial charge in [-0.05, 0) is 13.3 Å². The first-order valence-corrected chi connectivity index (χ1v) is 9.43. The fourth-order valence-electron chi connectivity index (χ4n) is 1.32. The van der Waals surface area contributed by atoms with E-state index in [1.165, 1.54) is 6.92 Å². The summed E-state index contributed by atoms with van der Waals surface area (Å²) >= 11 is 0. The van der Waals surface area contributed by atoms with E-state index in [1.54, 1.807) is 0 Å². The number of aliphatic hydroxyl groups excluding tert-OH is 6. The molecule has 18 heteroatoms. The van der Waals surface area contributed by atoms with E-state index in [2.05, 4.69) is 5.73 Å². The van der Waals surface area contributed by atoms with E-state index in [9.17, 15) is 24.0 Å². The highest BCUT2D eigenvalue weighted by atomic mass is 16.4. The van der Waals surface area contributed by atoms with E-state index in [1.807, 2.05) is 0 Å². The second kappa shape index (κ2) is 22.8. The first-order valence-electron chi connectivity index (χ1n) is 9.43. The van der Waals surface area contributed by atoms with Crippen molar-refractivity contribution in [1.82, 2.24) is 0 Å². The second-order valence-corrected chi connectivity index (χ2v) is 6.44.